The van der Waals surface area contributed by atoms with E-state index < -0.39 is 55.4 Å². The van der Waals surface area contributed by atoms with Gasteiger partial charge < -0.3 is 4.90 Å². The van der Waals surface area contributed by atoms with E-state index in [0.29, 0.717) is 32.2 Å². The Morgan fingerprint density at radius 2 is 1.65 bits per heavy atom. The molecule has 2 heterocycles. The third kappa shape index (κ3) is 8.66. The third-order valence-corrected chi connectivity index (χ3v) is 15.3. The van der Waals surface area contributed by atoms with Crippen molar-refractivity contribution in [2.45, 2.75) is 156 Å². The summed E-state index contributed by atoms with van der Waals surface area (Å²) in [5.74, 6) is -2.46. The van der Waals surface area contributed by atoms with Gasteiger partial charge in [-0.3, -0.25) is 24.0 Å². The van der Waals surface area contributed by atoms with E-state index >= 15 is 0 Å². The number of hydrogen-bond acceptors (Lipinski definition) is 7. The van der Waals surface area contributed by atoms with E-state index in [1.807, 2.05) is 27.7 Å². The number of nitrogens with zero attached hydrogens (tertiary/aromatic N) is 1. The number of sulfone groups is 1. The van der Waals surface area contributed by atoms with Crippen LogP contribution in [-0.2, 0) is 33.8 Å². The molecule has 9 heteroatoms. The molecule has 276 valence electrons. The lowest BCUT2D eigenvalue weighted by molar-refractivity contribution is -0.148. The van der Waals surface area contributed by atoms with Crippen LogP contribution >= 0.6 is 0 Å². The average molecular weight is 702 g/mol. The average Bonchev–Trinajstić information content (AvgIpc) is 3.33. The Balaban J connectivity index is 1.56. The highest BCUT2D eigenvalue weighted by molar-refractivity contribution is 7.92. The molecule has 0 N–H and O–H groups in total. The van der Waals surface area contributed by atoms with E-state index in [1.54, 1.807) is 11.0 Å². The fraction of sp³-hybridized carbons (Fsp3) is 0.825. The highest BCUT2D eigenvalue weighted by Crippen LogP contribution is 2.65. The number of amides is 1. The molecule has 0 spiro atoms. The first-order chi connectivity index (χ1) is 22.9. The molecule has 0 aromatic rings. The molecule has 2 saturated carbocycles. The Bertz CT molecular complexity index is 1380. The Hall–Kier alpha value is -2.16. The highest BCUT2D eigenvalue weighted by atomic mass is 32.2. The minimum Gasteiger partial charge on any atom is -0.332 e. The first kappa shape index (κ1) is 39.6. The number of likely N-dealkylation sites (tertiary alicyclic amines) is 1. The number of ketones is 4. The molecule has 8 nitrogen and oxygen atoms in total. The van der Waals surface area contributed by atoms with Gasteiger partial charge in [0.25, 0.3) is 0 Å². The topological polar surface area (TPSA) is 123 Å². The van der Waals surface area contributed by atoms with Gasteiger partial charge in [-0.2, -0.15) is 0 Å². The summed E-state index contributed by atoms with van der Waals surface area (Å²) >= 11 is 0. The lowest BCUT2D eigenvalue weighted by Crippen LogP contribution is -2.51. The van der Waals surface area contributed by atoms with Gasteiger partial charge in [-0.05, 0) is 66.6 Å². The molecular formula is C40H63NO7S. The van der Waals surface area contributed by atoms with E-state index in [0.717, 1.165) is 51.4 Å². The molecule has 4 aliphatic rings. The predicted octanol–water partition coefficient (Wildman–Crippen LogP) is 7.27. The van der Waals surface area contributed by atoms with Crippen LogP contribution in [0.25, 0.3) is 0 Å². The lowest BCUT2D eigenvalue weighted by atomic mass is 9.66. The number of hydrogen-bond donors (Lipinski definition) is 0. The molecule has 0 bridgehead atoms. The molecule has 0 unspecified atom stereocenters. The van der Waals surface area contributed by atoms with Gasteiger partial charge in [0.15, 0.2) is 21.4 Å². The Morgan fingerprint density at radius 1 is 0.980 bits per heavy atom. The van der Waals surface area contributed by atoms with Crippen LogP contribution in [0, 0.1) is 39.9 Å². The van der Waals surface area contributed by atoms with Crippen LogP contribution in [0.2, 0.25) is 0 Å². The number of unbranched alkanes of at least 4 members (excludes halogenated alkanes) is 1. The predicted molar refractivity (Wildman–Crippen MR) is 192 cm³/mol. The number of carbonyl (C=O) groups is 5. The quantitative estimate of drug-likeness (QED) is 0.115. The van der Waals surface area contributed by atoms with Crippen LogP contribution in [0.5, 0.6) is 0 Å². The number of carbonyl (C=O) groups excluding carboxylic acids is 5. The minimum atomic E-state index is -3.29. The minimum absolute atomic E-state index is 0.0163. The maximum atomic E-state index is 14.6. The molecule has 2 aliphatic carbocycles. The summed E-state index contributed by atoms with van der Waals surface area (Å²) in [5.41, 5.74) is -1.26. The van der Waals surface area contributed by atoms with Gasteiger partial charge in [-0.15, -0.1) is 6.58 Å². The molecule has 6 atom stereocenters. The number of piperidine rings is 1. The molecule has 2 saturated heterocycles. The van der Waals surface area contributed by atoms with Crippen molar-refractivity contribution in [3.63, 3.8) is 0 Å². The second-order valence-electron chi connectivity index (χ2n) is 17.6. The Labute approximate surface area is 295 Å². The number of allylic oxidation sites excluding steroid dienone is 1. The zero-order valence-electron chi connectivity index (χ0n) is 31.2. The summed E-state index contributed by atoms with van der Waals surface area (Å²) in [6, 6.07) is -0.690. The van der Waals surface area contributed by atoms with Crippen LogP contribution < -0.4 is 0 Å². The maximum absolute atomic E-state index is 14.6. The summed E-state index contributed by atoms with van der Waals surface area (Å²) in [6.07, 6.45) is 10.7. The van der Waals surface area contributed by atoms with Crippen LogP contribution in [0.4, 0.5) is 0 Å². The van der Waals surface area contributed by atoms with E-state index in [1.165, 1.54) is 0 Å². The van der Waals surface area contributed by atoms with E-state index in [-0.39, 0.29) is 66.2 Å². The fourth-order valence-electron chi connectivity index (χ4n) is 9.77. The van der Waals surface area contributed by atoms with Gasteiger partial charge in [-0.1, -0.05) is 86.1 Å². The zero-order chi connectivity index (χ0) is 36.4. The SMILES string of the molecule is C=CCCC(=O)C(=O)[C@H](CCCC)CC(=O)[C@@H]1[C@@H]2[C@H](CN1C(=O)[C@@H](CC(=O)CC1([C@H]3CCCCS3(=O)=O)CCCCC1)C(C)(C)C)C2(C)C. The molecular weight excluding hydrogens is 639 g/mol. The molecule has 1 amide bonds. The van der Waals surface area contributed by atoms with Gasteiger partial charge in [0, 0.05) is 44.1 Å². The van der Waals surface area contributed by atoms with Crippen LogP contribution in [0.1, 0.15) is 144 Å². The number of rotatable bonds is 17. The molecule has 49 heavy (non-hydrogen) atoms. The van der Waals surface area contributed by atoms with Crippen molar-refractivity contribution in [2.24, 2.45) is 39.9 Å². The molecule has 0 aromatic heterocycles. The summed E-state index contributed by atoms with van der Waals surface area (Å²) in [4.78, 5) is 70.6. The molecule has 4 fully saturated rings. The summed E-state index contributed by atoms with van der Waals surface area (Å²) in [7, 11) is -3.29. The van der Waals surface area contributed by atoms with Crippen LogP contribution in [0.15, 0.2) is 12.7 Å². The van der Waals surface area contributed by atoms with Crippen LogP contribution in [0.3, 0.4) is 0 Å². The van der Waals surface area contributed by atoms with Gasteiger partial charge >= 0.3 is 0 Å². The van der Waals surface area contributed by atoms with E-state index in [9.17, 15) is 32.4 Å². The van der Waals surface area contributed by atoms with E-state index in [2.05, 4.69) is 20.4 Å². The zero-order valence-corrected chi connectivity index (χ0v) is 32.0. The van der Waals surface area contributed by atoms with E-state index in [4.69, 9.17) is 0 Å². The molecule has 2 aliphatic heterocycles. The van der Waals surface area contributed by atoms with Crippen molar-refractivity contribution < 1.29 is 32.4 Å². The van der Waals surface area contributed by atoms with Crippen molar-refractivity contribution in [3.05, 3.63) is 12.7 Å². The normalized spacial score (nSPS) is 28.2. The summed E-state index contributed by atoms with van der Waals surface area (Å²) in [5, 5.41) is -0.497. The Kier molecular flexibility index (Phi) is 12.6. The number of Topliss-reactive ketones (excluding diaryl/α,β-unsaturated/α-hetero) is 4. The second-order valence-corrected chi connectivity index (χ2v) is 19.9. The fourth-order valence-corrected chi connectivity index (χ4v) is 12.3. The third-order valence-electron chi connectivity index (χ3n) is 12.8. The molecule has 4 rings (SSSR count). The molecule has 0 radical (unpaired) electrons. The maximum Gasteiger partial charge on any atom is 0.227 e. The monoisotopic (exact) mass is 701 g/mol. The van der Waals surface area contributed by atoms with Gasteiger partial charge in [0.05, 0.1) is 17.0 Å². The largest absolute Gasteiger partial charge is 0.332 e. The van der Waals surface area contributed by atoms with Gasteiger partial charge in [0.2, 0.25) is 11.7 Å². The van der Waals surface area contributed by atoms with Crippen molar-refractivity contribution in [1.29, 1.82) is 0 Å². The van der Waals surface area contributed by atoms with Crippen molar-refractivity contribution in [1.82, 2.24) is 4.90 Å². The first-order valence-corrected chi connectivity index (χ1v) is 20.9. The number of fused-ring (bicyclic) bond motifs is 1. The van der Waals surface area contributed by atoms with Crippen LogP contribution in [-0.4, -0.2) is 65.9 Å². The van der Waals surface area contributed by atoms with Crippen molar-refractivity contribution in [2.75, 3.05) is 12.3 Å². The Morgan fingerprint density at radius 3 is 2.24 bits per heavy atom. The second kappa shape index (κ2) is 15.6. The standard InChI is InChI=1S/C40H63NO7S/c1-8-10-17-27(36(45)31(43)18-11-9-2)23-32(44)35-34-30(39(34,6)7)26-41(35)37(46)29(38(3,4)5)24-28(42)25-40(20-14-12-15-21-40)33-19-13-16-22-49(33,47)48/h9,27,29-30,33-35H,2,8,10-26H2,1,3-7H3/t27-,29-,30+,33-,34+,35-/m1/s1. The molecule has 0 aromatic carbocycles. The van der Waals surface area contributed by atoms with Gasteiger partial charge in [-0.25, -0.2) is 8.42 Å². The van der Waals surface area contributed by atoms with Crippen molar-refractivity contribution in [3.8, 4) is 0 Å². The first-order valence-electron chi connectivity index (χ1n) is 19.2. The highest BCUT2D eigenvalue weighted by Gasteiger charge is 2.69. The van der Waals surface area contributed by atoms with Gasteiger partial charge in [0.1, 0.15) is 5.78 Å². The summed E-state index contributed by atoms with van der Waals surface area (Å²) < 4.78 is 26.7. The summed E-state index contributed by atoms with van der Waals surface area (Å²) in [6.45, 7) is 16.2. The smallest absolute Gasteiger partial charge is 0.227 e. The lowest BCUT2D eigenvalue weighted by Gasteiger charge is -2.45. The van der Waals surface area contributed by atoms with Crippen molar-refractivity contribution >= 4 is 38.9 Å².